The van der Waals surface area contributed by atoms with Crippen molar-refractivity contribution in [1.29, 1.82) is 0 Å². The molecule has 1 aromatic carbocycles. The Hall–Kier alpha value is -1.65. The lowest BCUT2D eigenvalue weighted by Crippen LogP contribution is -2.29. The number of rotatable bonds is 1. The largest absolute Gasteiger partial charge is 0.478 e. The molecule has 0 saturated heterocycles. The molecule has 0 spiro atoms. The first kappa shape index (κ1) is 13.3. The second-order valence-electron chi connectivity index (χ2n) is 5.32. The van der Waals surface area contributed by atoms with Gasteiger partial charge in [0.05, 0.1) is 11.1 Å². The molecule has 1 N–H and O–H groups in total. The Morgan fingerprint density at radius 2 is 2.20 bits per heavy atom. The van der Waals surface area contributed by atoms with Crippen molar-refractivity contribution < 1.29 is 9.90 Å². The highest BCUT2D eigenvalue weighted by molar-refractivity contribution is 6.31. The van der Waals surface area contributed by atoms with Crippen molar-refractivity contribution in [1.82, 2.24) is 9.88 Å². The molecule has 0 fully saturated rings. The quantitative estimate of drug-likeness (QED) is 0.877. The molecular weight excluding hydrogens is 276 g/mol. The minimum absolute atomic E-state index is 0.349. The van der Waals surface area contributed by atoms with E-state index in [1.54, 1.807) is 6.07 Å². The summed E-state index contributed by atoms with van der Waals surface area (Å²) in [6, 6.07) is 3.53. The third-order valence-electron chi connectivity index (χ3n) is 3.80. The van der Waals surface area contributed by atoms with E-state index in [4.69, 9.17) is 11.6 Å². The fourth-order valence-electron chi connectivity index (χ4n) is 2.85. The fraction of sp³-hybridized carbons (Fsp3) is 0.333. The van der Waals surface area contributed by atoms with Crippen LogP contribution in [0.3, 0.4) is 0 Å². The first-order valence-electron chi connectivity index (χ1n) is 6.51. The Kier molecular flexibility index (Phi) is 3.15. The van der Waals surface area contributed by atoms with Crippen LogP contribution in [0, 0.1) is 6.92 Å². The van der Waals surface area contributed by atoms with Crippen LogP contribution < -0.4 is 0 Å². The minimum Gasteiger partial charge on any atom is -0.478 e. The maximum atomic E-state index is 11.7. The third-order valence-corrected chi connectivity index (χ3v) is 4.02. The average Bonchev–Trinajstić information content (AvgIpc) is 2.36. The van der Waals surface area contributed by atoms with Crippen molar-refractivity contribution in [2.24, 2.45) is 0 Å². The number of aryl methyl sites for hydroxylation is 1. The van der Waals surface area contributed by atoms with E-state index >= 15 is 0 Å². The van der Waals surface area contributed by atoms with E-state index in [9.17, 15) is 9.90 Å². The summed E-state index contributed by atoms with van der Waals surface area (Å²) in [6.45, 7) is 3.43. The molecule has 0 bridgehead atoms. The van der Waals surface area contributed by atoms with Gasteiger partial charge < -0.3 is 10.0 Å². The highest BCUT2D eigenvalue weighted by Gasteiger charge is 2.24. The van der Waals surface area contributed by atoms with E-state index < -0.39 is 5.97 Å². The Labute approximate surface area is 122 Å². The maximum Gasteiger partial charge on any atom is 0.336 e. The number of nitrogens with zero attached hydrogens (tertiary/aromatic N) is 2. The zero-order valence-electron chi connectivity index (χ0n) is 11.4. The van der Waals surface area contributed by atoms with Gasteiger partial charge in [0.25, 0.3) is 0 Å². The van der Waals surface area contributed by atoms with Gasteiger partial charge in [-0.3, -0.25) is 4.98 Å². The first-order chi connectivity index (χ1) is 9.47. The summed E-state index contributed by atoms with van der Waals surface area (Å²) in [5, 5.41) is 10.8. The van der Waals surface area contributed by atoms with Crippen molar-refractivity contribution in [3.63, 3.8) is 0 Å². The summed E-state index contributed by atoms with van der Waals surface area (Å²) in [5.41, 5.74) is 3.73. The molecule has 0 radical (unpaired) electrons. The number of likely N-dealkylation sites (N-methyl/N-ethyl adjacent to an activating group) is 1. The summed E-state index contributed by atoms with van der Waals surface area (Å²) >= 11 is 6.08. The van der Waals surface area contributed by atoms with Gasteiger partial charge in [-0.1, -0.05) is 11.6 Å². The van der Waals surface area contributed by atoms with Crippen molar-refractivity contribution in [2.45, 2.75) is 19.9 Å². The number of hydrogen-bond donors (Lipinski definition) is 1. The molecule has 3 rings (SSSR count). The van der Waals surface area contributed by atoms with E-state index in [2.05, 4.69) is 9.88 Å². The molecule has 0 atom stereocenters. The normalized spacial score (nSPS) is 15.3. The molecule has 0 aliphatic carbocycles. The summed E-state index contributed by atoms with van der Waals surface area (Å²) in [7, 11) is 1.99. The van der Waals surface area contributed by atoms with Crippen LogP contribution in [0.5, 0.6) is 0 Å². The van der Waals surface area contributed by atoms with Gasteiger partial charge >= 0.3 is 5.97 Å². The zero-order valence-corrected chi connectivity index (χ0v) is 12.2. The number of pyridine rings is 1. The highest BCUT2D eigenvalue weighted by atomic mass is 35.5. The number of halogens is 1. The monoisotopic (exact) mass is 290 g/mol. The highest BCUT2D eigenvalue weighted by Crippen LogP contribution is 2.31. The molecule has 0 amide bonds. The lowest BCUT2D eigenvalue weighted by atomic mass is 9.95. The second kappa shape index (κ2) is 4.72. The standard InChI is InChI=1S/C15H15ClN2O2/c1-8-5-9(16)6-10-13(15(19)20)11-7-18(2)4-3-12(11)17-14(8)10/h5-6H,3-4,7H2,1-2H3,(H,19,20). The Bertz CT molecular complexity index is 728. The van der Waals surface area contributed by atoms with E-state index in [0.29, 0.717) is 22.5 Å². The predicted molar refractivity (Wildman–Crippen MR) is 78.5 cm³/mol. The van der Waals surface area contributed by atoms with E-state index in [1.807, 2.05) is 20.0 Å². The molecular formula is C15H15ClN2O2. The number of aromatic nitrogens is 1. The Morgan fingerprint density at radius 3 is 2.90 bits per heavy atom. The van der Waals surface area contributed by atoms with Crippen LogP contribution in [0.1, 0.15) is 27.2 Å². The van der Waals surface area contributed by atoms with Gasteiger partial charge in [-0.25, -0.2) is 4.79 Å². The smallest absolute Gasteiger partial charge is 0.336 e. The molecule has 0 unspecified atom stereocenters. The number of carboxylic acid groups (broad SMARTS) is 1. The SMILES string of the molecule is Cc1cc(Cl)cc2c(C(=O)O)c3c(nc12)CCN(C)C3. The number of hydrogen-bond acceptors (Lipinski definition) is 3. The van der Waals surface area contributed by atoms with Gasteiger partial charge in [-0.15, -0.1) is 0 Å². The molecule has 5 heteroatoms. The van der Waals surface area contributed by atoms with Gasteiger partial charge in [-0.05, 0) is 31.7 Å². The number of benzene rings is 1. The van der Waals surface area contributed by atoms with E-state index in [1.165, 1.54) is 0 Å². The Balaban J connectivity index is 2.42. The summed E-state index contributed by atoms with van der Waals surface area (Å²) in [6.07, 6.45) is 0.782. The van der Waals surface area contributed by atoms with Crippen molar-refractivity contribution >= 4 is 28.5 Å². The number of aromatic carboxylic acids is 1. The molecule has 104 valence electrons. The average molecular weight is 291 g/mol. The molecule has 1 aliphatic rings. The molecule has 1 aromatic heterocycles. The van der Waals surface area contributed by atoms with E-state index in [-0.39, 0.29) is 0 Å². The van der Waals surface area contributed by atoms with Crippen molar-refractivity contribution in [3.8, 4) is 0 Å². The van der Waals surface area contributed by atoms with Gasteiger partial charge in [0, 0.05) is 41.2 Å². The molecule has 0 saturated carbocycles. The topological polar surface area (TPSA) is 53.4 Å². The molecule has 4 nitrogen and oxygen atoms in total. The minimum atomic E-state index is -0.911. The maximum absolute atomic E-state index is 11.7. The van der Waals surface area contributed by atoms with Crippen LogP contribution >= 0.6 is 11.6 Å². The van der Waals surface area contributed by atoms with Gasteiger partial charge in [-0.2, -0.15) is 0 Å². The lowest BCUT2D eigenvalue weighted by Gasteiger charge is -2.26. The van der Waals surface area contributed by atoms with Gasteiger partial charge in [0.2, 0.25) is 0 Å². The fourth-order valence-corrected chi connectivity index (χ4v) is 3.12. The lowest BCUT2D eigenvalue weighted by molar-refractivity contribution is 0.0696. The Morgan fingerprint density at radius 1 is 1.45 bits per heavy atom. The van der Waals surface area contributed by atoms with Crippen LogP contribution in [-0.2, 0) is 13.0 Å². The van der Waals surface area contributed by atoms with Crippen LogP contribution in [0.4, 0.5) is 0 Å². The molecule has 2 aromatic rings. The summed E-state index contributed by atoms with van der Waals surface area (Å²) in [4.78, 5) is 18.5. The molecule has 20 heavy (non-hydrogen) atoms. The summed E-state index contributed by atoms with van der Waals surface area (Å²) in [5.74, 6) is -0.911. The van der Waals surface area contributed by atoms with Gasteiger partial charge in [0.1, 0.15) is 0 Å². The molecule has 1 aliphatic heterocycles. The molecule has 2 heterocycles. The van der Waals surface area contributed by atoms with Crippen LogP contribution in [0.2, 0.25) is 5.02 Å². The predicted octanol–water partition coefficient (Wildman–Crippen LogP) is 2.88. The van der Waals surface area contributed by atoms with E-state index in [0.717, 1.165) is 35.3 Å². The summed E-state index contributed by atoms with van der Waals surface area (Å²) < 4.78 is 0. The third kappa shape index (κ3) is 2.05. The van der Waals surface area contributed by atoms with Crippen LogP contribution in [-0.4, -0.2) is 34.6 Å². The van der Waals surface area contributed by atoms with Crippen molar-refractivity contribution in [2.75, 3.05) is 13.6 Å². The van der Waals surface area contributed by atoms with Gasteiger partial charge in [0.15, 0.2) is 0 Å². The number of carboxylic acids is 1. The van der Waals surface area contributed by atoms with Crippen LogP contribution in [0.15, 0.2) is 12.1 Å². The number of fused-ring (bicyclic) bond motifs is 2. The van der Waals surface area contributed by atoms with Crippen LogP contribution in [0.25, 0.3) is 10.9 Å². The number of carbonyl (C=O) groups is 1. The van der Waals surface area contributed by atoms with Crippen molar-refractivity contribution in [3.05, 3.63) is 39.5 Å². The zero-order chi connectivity index (χ0) is 14.4. The first-order valence-corrected chi connectivity index (χ1v) is 6.88. The second-order valence-corrected chi connectivity index (χ2v) is 5.76.